The summed E-state index contributed by atoms with van der Waals surface area (Å²) in [5.41, 5.74) is 0.434. The first-order valence-electron chi connectivity index (χ1n) is 7.35. The van der Waals surface area contributed by atoms with E-state index in [1.54, 1.807) is 25.1 Å². The summed E-state index contributed by atoms with van der Waals surface area (Å²) in [5.74, 6) is 0.496. The van der Waals surface area contributed by atoms with Crippen LogP contribution in [0.5, 0.6) is 11.5 Å². The fourth-order valence-electron chi connectivity index (χ4n) is 2.49. The Hall–Kier alpha value is -1.75. The normalized spacial score (nSPS) is 16.5. The van der Waals surface area contributed by atoms with Gasteiger partial charge in [-0.3, -0.25) is 0 Å². The van der Waals surface area contributed by atoms with E-state index in [1.807, 2.05) is 0 Å². The summed E-state index contributed by atoms with van der Waals surface area (Å²) in [6.07, 6.45) is 3.39. The fraction of sp³-hybridized carbons (Fsp3) is 0.562. The minimum atomic E-state index is -1.31. The first-order valence-corrected chi connectivity index (χ1v) is 7.35. The molecule has 1 aliphatic carbocycles. The molecule has 21 heavy (non-hydrogen) atoms. The summed E-state index contributed by atoms with van der Waals surface area (Å²) in [5, 5.41) is 9.94. The monoisotopic (exact) mass is 294 g/mol. The molecule has 1 aromatic rings. The number of hydrogen-bond donors (Lipinski definition) is 1. The summed E-state index contributed by atoms with van der Waals surface area (Å²) in [7, 11) is 1.54. The molecule has 0 heterocycles. The van der Waals surface area contributed by atoms with Gasteiger partial charge in [-0.05, 0) is 50.3 Å². The SMILES string of the molecule is CCOC(=O)C(O)c1ccc(OC2CCCC2)c(OC)c1. The predicted molar refractivity (Wildman–Crippen MR) is 77.5 cm³/mol. The summed E-state index contributed by atoms with van der Waals surface area (Å²) < 4.78 is 16.0. The number of aliphatic hydroxyl groups excluding tert-OH is 1. The molecule has 1 atom stereocenters. The van der Waals surface area contributed by atoms with Crippen molar-refractivity contribution in [3.63, 3.8) is 0 Å². The zero-order valence-corrected chi connectivity index (χ0v) is 12.5. The van der Waals surface area contributed by atoms with Crippen LogP contribution < -0.4 is 9.47 Å². The number of hydrogen-bond acceptors (Lipinski definition) is 5. The molecule has 5 heteroatoms. The molecular weight excluding hydrogens is 272 g/mol. The Balaban J connectivity index is 2.13. The second-order valence-corrected chi connectivity index (χ2v) is 5.09. The van der Waals surface area contributed by atoms with Gasteiger partial charge in [-0.2, -0.15) is 0 Å². The lowest BCUT2D eigenvalue weighted by Gasteiger charge is -2.17. The van der Waals surface area contributed by atoms with E-state index in [0.29, 0.717) is 17.1 Å². The standard InChI is InChI=1S/C16H22O5/c1-3-20-16(18)15(17)11-8-9-13(14(10-11)19-2)21-12-6-4-5-7-12/h8-10,12,15,17H,3-7H2,1-2H3. The van der Waals surface area contributed by atoms with E-state index in [4.69, 9.17) is 14.2 Å². The Kier molecular flexibility index (Phi) is 5.44. The van der Waals surface area contributed by atoms with Crippen LogP contribution in [0.4, 0.5) is 0 Å². The molecule has 1 aromatic carbocycles. The van der Waals surface area contributed by atoms with Crippen molar-refractivity contribution < 1.29 is 24.1 Å². The van der Waals surface area contributed by atoms with E-state index in [-0.39, 0.29) is 12.7 Å². The maximum absolute atomic E-state index is 11.6. The van der Waals surface area contributed by atoms with Crippen LogP contribution in [0.15, 0.2) is 18.2 Å². The predicted octanol–water partition coefficient (Wildman–Crippen LogP) is 2.61. The van der Waals surface area contributed by atoms with E-state index < -0.39 is 12.1 Å². The molecule has 5 nitrogen and oxygen atoms in total. The molecule has 1 fully saturated rings. The van der Waals surface area contributed by atoms with Gasteiger partial charge in [0.1, 0.15) is 0 Å². The number of methoxy groups -OCH3 is 1. The van der Waals surface area contributed by atoms with Gasteiger partial charge in [-0.1, -0.05) is 6.07 Å². The Bertz CT molecular complexity index is 480. The lowest BCUT2D eigenvalue weighted by molar-refractivity contribution is -0.153. The van der Waals surface area contributed by atoms with Crippen LogP contribution in [0.1, 0.15) is 44.3 Å². The summed E-state index contributed by atoms with van der Waals surface area (Å²) in [4.78, 5) is 11.6. The van der Waals surface area contributed by atoms with Crippen LogP contribution in [-0.4, -0.2) is 30.9 Å². The number of rotatable bonds is 6. The minimum Gasteiger partial charge on any atom is -0.493 e. The molecule has 116 valence electrons. The van der Waals surface area contributed by atoms with Crippen molar-refractivity contribution in [2.75, 3.05) is 13.7 Å². The first-order chi connectivity index (χ1) is 10.2. The van der Waals surface area contributed by atoms with Crippen molar-refractivity contribution in [1.82, 2.24) is 0 Å². The molecule has 0 bridgehead atoms. The third-order valence-electron chi connectivity index (χ3n) is 3.61. The van der Waals surface area contributed by atoms with Crippen molar-refractivity contribution in [3.8, 4) is 11.5 Å². The molecule has 0 aromatic heterocycles. The molecule has 1 N–H and O–H groups in total. The maximum atomic E-state index is 11.6. The van der Waals surface area contributed by atoms with E-state index in [1.165, 1.54) is 20.0 Å². The number of benzene rings is 1. The van der Waals surface area contributed by atoms with Crippen LogP contribution >= 0.6 is 0 Å². The van der Waals surface area contributed by atoms with Crippen LogP contribution in [0, 0.1) is 0 Å². The number of carbonyl (C=O) groups excluding carboxylic acids is 1. The van der Waals surface area contributed by atoms with Crippen molar-refractivity contribution in [3.05, 3.63) is 23.8 Å². The van der Waals surface area contributed by atoms with Gasteiger partial charge >= 0.3 is 5.97 Å². The lowest BCUT2D eigenvalue weighted by atomic mass is 10.1. The number of carbonyl (C=O) groups is 1. The first kappa shape index (κ1) is 15.6. The number of aliphatic hydroxyl groups is 1. The average Bonchev–Trinajstić information content (AvgIpc) is 3.00. The van der Waals surface area contributed by atoms with Crippen LogP contribution in [-0.2, 0) is 9.53 Å². The van der Waals surface area contributed by atoms with E-state index >= 15 is 0 Å². The van der Waals surface area contributed by atoms with Crippen molar-refractivity contribution >= 4 is 5.97 Å². The minimum absolute atomic E-state index is 0.222. The zero-order chi connectivity index (χ0) is 15.2. The van der Waals surface area contributed by atoms with Gasteiger partial charge in [0.2, 0.25) is 0 Å². The zero-order valence-electron chi connectivity index (χ0n) is 12.5. The van der Waals surface area contributed by atoms with Gasteiger partial charge in [0.05, 0.1) is 19.8 Å². The second-order valence-electron chi connectivity index (χ2n) is 5.09. The summed E-state index contributed by atoms with van der Waals surface area (Å²) in [6, 6.07) is 5.01. The summed E-state index contributed by atoms with van der Waals surface area (Å²) in [6.45, 7) is 1.93. The van der Waals surface area contributed by atoms with Crippen LogP contribution in [0.3, 0.4) is 0 Å². The average molecular weight is 294 g/mol. The fourth-order valence-corrected chi connectivity index (χ4v) is 2.49. The number of ether oxygens (including phenoxy) is 3. The van der Waals surface area contributed by atoms with Crippen molar-refractivity contribution in [2.24, 2.45) is 0 Å². The summed E-state index contributed by atoms with van der Waals surface area (Å²) >= 11 is 0. The van der Waals surface area contributed by atoms with Gasteiger partial charge in [-0.25, -0.2) is 4.79 Å². The maximum Gasteiger partial charge on any atom is 0.339 e. The highest BCUT2D eigenvalue weighted by Crippen LogP contribution is 2.33. The van der Waals surface area contributed by atoms with Crippen molar-refractivity contribution in [1.29, 1.82) is 0 Å². The molecule has 1 unspecified atom stereocenters. The topological polar surface area (TPSA) is 65.0 Å². The lowest BCUT2D eigenvalue weighted by Crippen LogP contribution is -2.16. The third-order valence-corrected chi connectivity index (χ3v) is 3.61. The van der Waals surface area contributed by atoms with E-state index in [9.17, 15) is 9.90 Å². The largest absolute Gasteiger partial charge is 0.493 e. The Labute approximate surface area is 124 Å². The van der Waals surface area contributed by atoms with E-state index in [0.717, 1.165) is 12.8 Å². The van der Waals surface area contributed by atoms with Gasteiger partial charge in [0.15, 0.2) is 17.6 Å². The second kappa shape index (κ2) is 7.31. The smallest absolute Gasteiger partial charge is 0.339 e. The molecule has 0 amide bonds. The molecule has 0 spiro atoms. The number of esters is 1. The van der Waals surface area contributed by atoms with E-state index in [2.05, 4.69) is 0 Å². The Morgan fingerprint density at radius 3 is 2.67 bits per heavy atom. The molecule has 0 radical (unpaired) electrons. The van der Waals surface area contributed by atoms with Crippen LogP contribution in [0.2, 0.25) is 0 Å². The molecule has 2 rings (SSSR count). The Morgan fingerprint density at radius 2 is 2.05 bits per heavy atom. The highest BCUT2D eigenvalue weighted by atomic mass is 16.5. The molecule has 1 aliphatic rings. The molecule has 0 aliphatic heterocycles. The quantitative estimate of drug-likeness (QED) is 0.817. The highest BCUT2D eigenvalue weighted by Gasteiger charge is 2.22. The van der Waals surface area contributed by atoms with Gasteiger partial charge in [-0.15, -0.1) is 0 Å². The van der Waals surface area contributed by atoms with Gasteiger partial charge in [0.25, 0.3) is 0 Å². The van der Waals surface area contributed by atoms with Crippen molar-refractivity contribution in [2.45, 2.75) is 44.8 Å². The van der Waals surface area contributed by atoms with Gasteiger partial charge in [0, 0.05) is 0 Å². The molecule has 1 saturated carbocycles. The Morgan fingerprint density at radius 1 is 1.33 bits per heavy atom. The van der Waals surface area contributed by atoms with Crippen LogP contribution in [0.25, 0.3) is 0 Å². The van der Waals surface area contributed by atoms with Gasteiger partial charge < -0.3 is 19.3 Å². The molecule has 0 saturated heterocycles. The third kappa shape index (κ3) is 3.88. The molecular formula is C16H22O5. The highest BCUT2D eigenvalue weighted by molar-refractivity contribution is 5.76.